The van der Waals surface area contributed by atoms with Crippen molar-refractivity contribution in [3.05, 3.63) is 37.0 Å². The Balaban J connectivity index is 3.99. The Kier molecular flexibility index (Phi) is 4.96. The normalized spacial score (nSPS) is 13.4. The van der Waals surface area contributed by atoms with Crippen molar-refractivity contribution in [2.75, 3.05) is 6.26 Å². The maximum Gasteiger partial charge on any atom is 0.250 e. The van der Waals surface area contributed by atoms with Gasteiger partial charge in [0.05, 0.1) is 6.26 Å². The molecule has 3 nitrogen and oxygen atoms in total. The van der Waals surface area contributed by atoms with Crippen LogP contribution in [0.4, 0.5) is 0 Å². The zero-order valence-corrected chi connectivity index (χ0v) is 7.66. The van der Waals surface area contributed by atoms with E-state index in [1.807, 2.05) is 0 Å². The van der Waals surface area contributed by atoms with Crippen molar-refractivity contribution in [2.24, 2.45) is 4.40 Å². The van der Waals surface area contributed by atoms with Crippen molar-refractivity contribution in [3.8, 4) is 0 Å². The highest BCUT2D eigenvalue weighted by Gasteiger charge is 1.89. The molecule has 0 fully saturated rings. The molecule has 0 atom stereocenters. The van der Waals surface area contributed by atoms with Gasteiger partial charge in [0.2, 0.25) is 10.0 Å². The number of hydrogen-bond donors (Lipinski definition) is 0. The van der Waals surface area contributed by atoms with Gasteiger partial charge >= 0.3 is 0 Å². The highest BCUT2D eigenvalue weighted by Crippen LogP contribution is 1.82. The third-order valence-electron chi connectivity index (χ3n) is 0.808. The summed E-state index contributed by atoms with van der Waals surface area (Å²) in [6.45, 7) is 3.47. The number of rotatable bonds is 4. The molecule has 66 valence electrons. The summed E-state index contributed by atoms with van der Waals surface area (Å²) in [5, 5.41) is 0. The first-order valence-corrected chi connectivity index (χ1v) is 5.11. The van der Waals surface area contributed by atoms with Crippen LogP contribution in [0.2, 0.25) is 0 Å². The van der Waals surface area contributed by atoms with Crippen LogP contribution in [0.15, 0.2) is 41.4 Å². The molecule has 0 unspecified atom stereocenters. The summed E-state index contributed by atoms with van der Waals surface area (Å²) in [6, 6.07) is 0. The first-order chi connectivity index (χ1) is 5.56. The molecule has 0 aliphatic rings. The van der Waals surface area contributed by atoms with E-state index < -0.39 is 10.0 Å². The fraction of sp³-hybridized carbons (Fsp3) is 0.125. The third kappa shape index (κ3) is 8.84. The summed E-state index contributed by atoms with van der Waals surface area (Å²) in [7, 11) is -3.24. The minimum absolute atomic E-state index is 1.04. The molecule has 0 aromatic rings. The second-order valence-electron chi connectivity index (χ2n) is 1.99. The number of allylic oxidation sites excluding steroid dienone is 5. The molecule has 0 aliphatic carbocycles. The second kappa shape index (κ2) is 5.49. The van der Waals surface area contributed by atoms with Gasteiger partial charge in [-0.2, -0.15) is 4.40 Å². The lowest BCUT2D eigenvalue weighted by Crippen LogP contribution is -1.88. The summed E-state index contributed by atoms with van der Waals surface area (Å²) in [6.07, 6.45) is 10.5. The summed E-state index contributed by atoms with van der Waals surface area (Å²) in [5.41, 5.74) is 0. The quantitative estimate of drug-likeness (QED) is 0.489. The van der Waals surface area contributed by atoms with Gasteiger partial charge in [-0.25, -0.2) is 8.42 Å². The van der Waals surface area contributed by atoms with Crippen molar-refractivity contribution < 1.29 is 8.42 Å². The predicted molar refractivity (Wildman–Crippen MR) is 51.8 cm³/mol. The highest BCUT2D eigenvalue weighted by atomic mass is 32.2. The van der Waals surface area contributed by atoms with E-state index in [9.17, 15) is 8.42 Å². The molecule has 0 aromatic carbocycles. The van der Waals surface area contributed by atoms with Gasteiger partial charge in [0, 0.05) is 6.21 Å². The van der Waals surface area contributed by atoms with Gasteiger partial charge in [-0.05, 0) is 6.08 Å². The largest absolute Gasteiger partial charge is 0.250 e. The summed E-state index contributed by atoms with van der Waals surface area (Å²) < 4.78 is 24.2. The van der Waals surface area contributed by atoms with E-state index in [0.717, 1.165) is 6.26 Å². The minimum atomic E-state index is -3.24. The zero-order chi connectivity index (χ0) is 9.45. The molecule has 0 radical (unpaired) electrons. The van der Waals surface area contributed by atoms with Crippen LogP contribution in [-0.4, -0.2) is 20.9 Å². The van der Waals surface area contributed by atoms with Gasteiger partial charge in [-0.1, -0.05) is 30.9 Å². The molecule has 0 amide bonds. The molecule has 0 bridgehead atoms. The molecule has 0 saturated heterocycles. The van der Waals surface area contributed by atoms with E-state index in [-0.39, 0.29) is 0 Å². The average Bonchev–Trinajstić information content (AvgIpc) is 1.94. The van der Waals surface area contributed by atoms with E-state index >= 15 is 0 Å². The smallest absolute Gasteiger partial charge is 0.205 e. The van der Waals surface area contributed by atoms with Crippen LogP contribution < -0.4 is 0 Å². The van der Waals surface area contributed by atoms with Gasteiger partial charge in [-0.15, -0.1) is 0 Å². The van der Waals surface area contributed by atoms with Crippen molar-refractivity contribution in [3.63, 3.8) is 0 Å². The van der Waals surface area contributed by atoms with Crippen molar-refractivity contribution in [1.29, 1.82) is 0 Å². The van der Waals surface area contributed by atoms with Crippen molar-refractivity contribution >= 4 is 16.2 Å². The molecule has 0 aliphatic heterocycles. The monoisotopic (exact) mass is 185 g/mol. The maximum atomic E-state index is 10.5. The Morgan fingerprint density at radius 3 is 2.25 bits per heavy atom. The molecule has 0 N–H and O–H groups in total. The molecular weight excluding hydrogens is 174 g/mol. The van der Waals surface area contributed by atoms with Crippen LogP contribution >= 0.6 is 0 Å². The highest BCUT2D eigenvalue weighted by molar-refractivity contribution is 7.89. The van der Waals surface area contributed by atoms with E-state index in [1.54, 1.807) is 24.3 Å². The van der Waals surface area contributed by atoms with Gasteiger partial charge < -0.3 is 0 Å². The van der Waals surface area contributed by atoms with E-state index in [0.29, 0.717) is 0 Å². The molecule has 0 saturated carbocycles. The van der Waals surface area contributed by atoms with Crippen molar-refractivity contribution in [2.45, 2.75) is 0 Å². The fourth-order valence-corrected chi connectivity index (χ4v) is 0.694. The predicted octanol–water partition coefficient (Wildman–Crippen LogP) is 1.32. The standard InChI is InChI=1S/C8H11NO2S/c1-3-4-5-6-7-8-9-12(2,10)11/h3-8H,1H2,2H3/b5-4+,7-6+,9-8+. The van der Waals surface area contributed by atoms with Crippen LogP contribution in [0.5, 0.6) is 0 Å². The Morgan fingerprint density at radius 1 is 1.17 bits per heavy atom. The topological polar surface area (TPSA) is 46.5 Å². The second-order valence-corrected chi connectivity index (χ2v) is 3.67. The summed E-state index contributed by atoms with van der Waals surface area (Å²) in [5.74, 6) is 0. The molecule has 0 aromatic heterocycles. The first-order valence-electron chi connectivity index (χ1n) is 3.26. The van der Waals surface area contributed by atoms with Crippen LogP contribution in [0, 0.1) is 0 Å². The lowest BCUT2D eigenvalue weighted by atomic mass is 10.4. The molecule has 4 heteroatoms. The van der Waals surface area contributed by atoms with E-state index in [1.165, 1.54) is 12.3 Å². The Bertz CT molecular complexity index is 310. The average molecular weight is 185 g/mol. The van der Waals surface area contributed by atoms with Crippen LogP contribution in [0.25, 0.3) is 0 Å². The number of nitrogens with zero attached hydrogens (tertiary/aromatic N) is 1. The first kappa shape index (κ1) is 10.8. The van der Waals surface area contributed by atoms with Gasteiger partial charge in [0.15, 0.2) is 0 Å². The Morgan fingerprint density at radius 2 is 1.75 bits per heavy atom. The third-order valence-corrected chi connectivity index (χ3v) is 1.31. The van der Waals surface area contributed by atoms with Gasteiger partial charge in [0.1, 0.15) is 0 Å². The molecule has 12 heavy (non-hydrogen) atoms. The summed E-state index contributed by atoms with van der Waals surface area (Å²) in [4.78, 5) is 0. The SMILES string of the molecule is C=C/C=C/C=C/C=N/S(C)(=O)=O. The lowest BCUT2D eigenvalue weighted by molar-refractivity contribution is 0.604. The fourth-order valence-electron chi connectivity index (χ4n) is 0.402. The molecule has 0 rings (SSSR count). The van der Waals surface area contributed by atoms with Crippen LogP contribution in [-0.2, 0) is 10.0 Å². The van der Waals surface area contributed by atoms with Crippen LogP contribution in [0.1, 0.15) is 0 Å². The lowest BCUT2D eigenvalue weighted by Gasteiger charge is -1.80. The van der Waals surface area contributed by atoms with Crippen LogP contribution in [0.3, 0.4) is 0 Å². The van der Waals surface area contributed by atoms with E-state index in [2.05, 4.69) is 11.0 Å². The number of sulfonamides is 1. The number of hydrogen-bond acceptors (Lipinski definition) is 2. The van der Waals surface area contributed by atoms with Gasteiger partial charge in [0.25, 0.3) is 0 Å². The molecule has 0 heterocycles. The van der Waals surface area contributed by atoms with Gasteiger partial charge in [-0.3, -0.25) is 0 Å². The molecule has 0 spiro atoms. The molecular formula is C8H11NO2S. The minimum Gasteiger partial charge on any atom is -0.205 e. The Hall–Kier alpha value is -1.16. The Labute approximate surface area is 72.9 Å². The zero-order valence-electron chi connectivity index (χ0n) is 6.84. The summed E-state index contributed by atoms with van der Waals surface area (Å²) >= 11 is 0. The maximum absolute atomic E-state index is 10.5. The van der Waals surface area contributed by atoms with Crippen molar-refractivity contribution in [1.82, 2.24) is 0 Å². The van der Waals surface area contributed by atoms with E-state index in [4.69, 9.17) is 0 Å².